The summed E-state index contributed by atoms with van der Waals surface area (Å²) in [6.45, 7) is 3.77. The van der Waals surface area contributed by atoms with Gasteiger partial charge in [-0.05, 0) is 36.1 Å². The standard InChI is InChI=1S/C20H26N2O3S/c1-4-16-11-13-18(14-12-16)22(26(3,24)25)15-20(23)21-19(5-2)17-9-7-6-8-10-17/h6-14,19H,4-5,15H2,1-3H3,(H,21,23)/t19-/m0/s1. The maximum absolute atomic E-state index is 12.5. The van der Waals surface area contributed by atoms with Gasteiger partial charge in [-0.3, -0.25) is 9.10 Å². The van der Waals surface area contributed by atoms with E-state index in [9.17, 15) is 13.2 Å². The van der Waals surface area contributed by atoms with Crippen LogP contribution in [0.3, 0.4) is 0 Å². The molecule has 6 heteroatoms. The molecule has 0 saturated carbocycles. The van der Waals surface area contributed by atoms with Crippen molar-refractivity contribution in [3.63, 3.8) is 0 Å². The fourth-order valence-electron chi connectivity index (χ4n) is 2.77. The Kier molecular flexibility index (Phi) is 6.80. The van der Waals surface area contributed by atoms with Crippen molar-refractivity contribution >= 4 is 21.6 Å². The molecule has 0 heterocycles. The molecule has 140 valence electrons. The molecule has 2 aromatic carbocycles. The summed E-state index contributed by atoms with van der Waals surface area (Å²) in [7, 11) is -3.57. The minimum atomic E-state index is -3.57. The molecular formula is C20H26N2O3S. The number of benzene rings is 2. The van der Waals surface area contributed by atoms with E-state index in [4.69, 9.17) is 0 Å². The number of hydrogen-bond donors (Lipinski definition) is 1. The third-order valence-electron chi connectivity index (χ3n) is 4.27. The topological polar surface area (TPSA) is 66.5 Å². The lowest BCUT2D eigenvalue weighted by atomic mass is 10.0. The van der Waals surface area contributed by atoms with Crippen LogP contribution >= 0.6 is 0 Å². The van der Waals surface area contributed by atoms with E-state index in [2.05, 4.69) is 5.32 Å². The highest BCUT2D eigenvalue weighted by molar-refractivity contribution is 7.92. The van der Waals surface area contributed by atoms with Crippen LogP contribution < -0.4 is 9.62 Å². The highest BCUT2D eigenvalue weighted by Crippen LogP contribution is 2.20. The Hall–Kier alpha value is -2.34. The molecule has 2 rings (SSSR count). The number of carbonyl (C=O) groups is 1. The van der Waals surface area contributed by atoms with Crippen molar-refractivity contribution in [1.29, 1.82) is 0 Å². The van der Waals surface area contributed by atoms with Gasteiger partial charge in [0.25, 0.3) is 0 Å². The number of sulfonamides is 1. The van der Waals surface area contributed by atoms with Gasteiger partial charge in [0.2, 0.25) is 15.9 Å². The van der Waals surface area contributed by atoms with E-state index in [1.54, 1.807) is 12.1 Å². The number of nitrogens with one attached hydrogen (secondary N) is 1. The van der Waals surface area contributed by atoms with Crippen LogP contribution in [0.15, 0.2) is 54.6 Å². The molecule has 0 unspecified atom stereocenters. The monoisotopic (exact) mass is 374 g/mol. The first-order valence-corrected chi connectivity index (χ1v) is 10.6. The smallest absolute Gasteiger partial charge is 0.241 e. The molecule has 0 saturated heterocycles. The predicted molar refractivity (Wildman–Crippen MR) is 106 cm³/mol. The van der Waals surface area contributed by atoms with E-state index in [0.29, 0.717) is 5.69 Å². The summed E-state index contributed by atoms with van der Waals surface area (Å²) < 4.78 is 25.5. The SMILES string of the molecule is CCc1ccc(N(CC(=O)N[C@@H](CC)c2ccccc2)S(C)(=O)=O)cc1. The first kappa shape index (κ1) is 20.0. The van der Waals surface area contributed by atoms with Crippen LogP contribution in [0.2, 0.25) is 0 Å². The Morgan fingerprint density at radius 1 is 1.04 bits per heavy atom. The molecule has 1 amide bonds. The minimum absolute atomic E-state index is 0.146. The molecule has 0 aliphatic heterocycles. The van der Waals surface area contributed by atoms with Crippen molar-refractivity contribution in [3.05, 3.63) is 65.7 Å². The molecule has 0 aliphatic rings. The van der Waals surface area contributed by atoms with Gasteiger partial charge in [-0.2, -0.15) is 0 Å². The summed E-state index contributed by atoms with van der Waals surface area (Å²) in [6, 6.07) is 16.7. The largest absolute Gasteiger partial charge is 0.348 e. The first-order chi connectivity index (χ1) is 12.3. The van der Waals surface area contributed by atoms with Gasteiger partial charge < -0.3 is 5.32 Å². The van der Waals surface area contributed by atoms with Crippen molar-refractivity contribution in [1.82, 2.24) is 5.32 Å². The fraction of sp³-hybridized carbons (Fsp3) is 0.350. The second-order valence-corrected chi connectivity index (χ2v) is 8.14. The van der Waals surface area contributed by atoms with E-state index in [1.165, 1.54) is 0 Å². The lowest BCUT2D eigenvalue weighted by molar-refractivity contribution is -0.120. The van der Waals surface area contributed by atoms with Crippen LogP contribution in [-0.4, -0.2) is 27.1 Å². The van der Waals surface area contributed by atoms with Gasteiger partial charge in [-0.1, -0.05) is 56.3 Å². The number of nitrogens with zero attached hydrogens (tertiary/aromatic N) is 1. The summed E-state index contributed by atoms with van der Waals surface area (Å²) in [4.78, 5) is 12.5. The van der Waals surface area contributed by atoms with Crippen molar-refractivity contribution < 1.29 is 13.2 Å². The highest BCUT2D eigenvalue weighted by atomic mass is 32.2. The lowest BCUT2D eigenvalue weighted by Gasteiger charge is -2.24. The van der Waals surface area contributed by atoms with Gasteiger partial charge in [-0.15, -0.1) is 0 Å². The van der Waals surface area contributed by atoms with Crippen LogP contribution in [0.25, 0.3) is 0 Å². The first-order valence-electron chi connectivity index (χ1n) is 8.76. The molecule has 0 fully saturated rings. The molecule has 0 spiro atoms. The number of rotatable bonds is 8. The van der Waals surface area contributed by atoms with Crippen molar-refractivity contribution in [2.45, 2.75) is 32.7 Å². The average molecular weight is 375 g/mol. The molecule has 1 N–H and O–H groups in total. The number of amides is 1. The summed E-state index contributed by atoms with van der Waals surface area (Å²) in [6.07, 6.45) is 2.71. The average Bonchev–Trinajstić information content (AvgIpc) is 2.64. The van der Waals surface area contributed by atoms with E-state index >= 15 is 0 Å². The van der Waals surface area contributed by atoms with Gasteiger partial charge in [0.05, 0.1) is 18.0 Å². The zero-order valence-corrected chi connectivity index (χ0v) is 16.3. The molecule has 5 nitrogen and oxygen atoms in total. The summed E-state index contributed by atoms with van der Waals surface area (Å²) in [5.74, 6) is -0.328. The Labute approximate surface area is 156 Å². The maximum atomic E-state index is 12.5. The lowest BCUT2D eigenvalue weighted by Crippen LogP contribution is -2.41. The molecule has 1 atom stereocenters. The highest BCUT2D eigenvalue weighted by Gasteiger charge is 2.22. The van der Waals surface area contributed by atoms with Crippen molar-refractivity contribution in [2.75, 3.05) is 17.1 Å². The number of anilines is 1. The normalized spacial score (nSPS) is 12.4. The zero-order valence-electron chi connectivity index (χ0n) is 15.5. The Morgan fingerprint density at radius 2 is 1.65 bits per heavy atom. The number of hydrogen-bond acceptors (Lipinski definition) is 3. The predicted octanol–water partition coefficient (Wildman–Crippen LogP) is 3.28. The van der Waals surface area contributed by atoms with E-state index < -0.39 is 10.0 Å². The van der Waals surface area contributed by atoms with Gasteiger partial charge in [0, 0.05) is 0 Å². The quantitative estimate of drug-likeness (QED) is 0.771. The van der Waals surface area contributed by atoms with Gasteiger partial charge in [0.1, 0.15) is 6.54 Å². The second-order valence-electron chi connectivity index (χ2n) is 6.23. The molecule has 2 aromatic rings. The maximum Gasteiger partial charge on any atom is 0.241 e. The van der Waals surface area contributed by atoms with Gasteiger partial charge in [0.15, 0.2) is 0 Å². The van der Waals surface area contributed by atoms with Crippen molar-refractivity contribution in [2.24, 2.45) is 0 Å². The van der Waals surface area contributed by atoms with Crippen LogP contribution in [0.5, 0.6) is 0 Å². The molecule has 0 radical (unpaired) electrons. The van der Waals surface area contributed by atoms with E-state index in [1.807, 2.05) is 56.3 Å². The second kappa shape index (κ2) is 8.85. The molecular weight excluding hydrogens is 348 g/mol. The Balaban J connectivity index is 2.16. The van der Waals surface area contributed by atoms with Crippen LogP contribution in [0.1, 0.15) is 37.4 Å². The number of carbonyl (C=O) groups excluding carboxylic acids is 1. The fourth-order valence-corrected chi connectivity index (χ4v) is 3.63. The van der Waals surface area contributed by atoms with Crippen LogP contribution in [-0.2, 0) is 21.2 Å². The van der Waals surface area contributed by atoms with Crippen LogP contribution in [0.4, 0.5) is 5.69 Å². The van der Waals surface area contributed by atoms with E-state index in [-0.39, 0.29) is 18.5 Å². The third kappa shape index (κ3) is 5.33. The molecule has 0 bridgehead atoms. The van der Waals surface area contributed by atoms with Gasteiger partial charge >= 0.3 is 0 Å². The molecule has 26 heavy (non-hydrogen) atoms. The zero-order chi connectivity index (χ0) is 19.2. The van der Waals surface area contributed by atoms with Crippen molar-refractivity contribution in [3.8, 4) is 0 Å². The molecule has 0 aliphatic carbocycles. The third-order valence-corrected chi connectivity index (χ3v) is 5.41. The summed E-state index contributed by atoms with van der Waals surface area (Å²) >= 11 is 0. The molecule has 0 aromatic heterocycles. The Morgan fingerprint density at radius 3 is 2.15 bits per heavy atom. The summed E-state index contributed by atoms with van der Waals surface area (Å²) in [5, 5.41) is 2.93. The summed E-state index contributed by atoms with van der Waals surface area (Å²) in [5.41, 5.74) is 2.61. The van der Waals surface area contributed by atoms with E-state index in [0.717, 1.165) is 34.5 Å². The Bertz CT molecular complexity index is 818. The number of aryl methyl sites for hydroxylation is 1. The minimum Gasteiger partial charge on any atom is -0.348 e. The van der Waals surface area contributed by atoms with Gasteiger partial charge in [-0.25, -0.2) is 8.42 Å². The van der Waals surface area contributed by atoms with Crippen LogP contribution in [0, 0.1) is 0 Å².